The first kappa shape index (κ1) is 17.9. The molecule has 1 aromatic heterocycles. The van der Waals surface area contributed by atoms with Gasteiger partial charge in [0.1, 0.15) is 5.82 Å². The molecule has 0 bridgehead atoms. The van der Waals surface area contributed by atoms with E-state index in [0.29, 0.717) is 28.3 Å². The Kier molecular flexibility index (Phi) is 4.66. The molecule has 8 nitrogen and oxygen atoms in total. The van der Waals surface area contributed by atoms with Crippen LogP contribution in [0.4, 0.5) is 10.1 Å². The summed E-state index contributed by atoms with van der Waals surface area (Å²) in [6.07, 6.45) is 0.536. The average molecular weight is 384 g/mol. The van der Waals surface area contributed by atoms with E-state index in [1.807, 2.05) is 0 Å². The molecular weight excluding hydrogens is 367 g/mol. The van der Waals surface area contributed by atoms with Crippen molar-refractivity contribution >= 4 is 11.6 Å². The lowest BCUT2D eigenvalue weighted by molar-refractivity contribution is 0.102. The number of aromatic nitrogens is 3. The number of hydrogen-bond donors (Lipinski definition) is 2. The summed E-state index contributed by atoms with van der Waals surface area (Å²) in [6.45, 7) is 1.89. The predicted octanol–water partition coefficient (Wildman–Crippen LogP) is 2.44. The van der Waals surface area contributed by atoms with E-state index in [1.54, 1.807) is 37.3 Å². The van der Waals surface area contributed by atoms with Crippen molar-refractivity contribution in [3.63, 3.8) is 0 Å². The predicted molar refractivity (Wildman–Crippen MR) is 96.6 cm³/mol. The van der Waals surface area contributed by atoms with Gasteiger partial charge in [-0.2, -0.15) is 0 Å². The molecule has 28 heavy (non-hydrogen) atoms. The van der Waals surface area contributed by atoms with E-state index in [9.17, 15) is 14.3 Å². The van der Waals surface area contributed by atoms with Crippen LogP contribution in [0, 0.1) is 12.7 Å². The first-order valence-corrected chi connectivity index (χ1v) is 8.55. The Hall–Kier alpha value is -3.46. The summed E-state index contributed by atoms with van der Waals surface area (Å²) in [7, 11) is 0. The third-order valence-electron chi connectivity index (χ3n) is 4.34. The van der Waals surface area contributed by atoms with Crippen molar-refractivity contribution < 1.29 is 23.8 Å². The standard InChI is InChI=1S/C19H17FN4O4/c1-11-2-4-13(7-14(11)20)21-19(26)15-8-24(23-22-15)9-16(25)12-3-5-17-18(6-12)28-10-27-17/h2-8,16,25H,9-10H2,1H3,(H,21,26). The second kappa shape index (κ2) is 7.28. The minimum atomic E-state index is -0.877. The molecule has 0 saturated heterocycles. The molecule has 2 heterocycles. The van der Waals surface area contributed by atoms with Crippen LogP contribution in [0.25, 0.3) is 0 Å². The van der Waals surface area contributed by atoms with Gasteiger partial charge in [-0.25, -0.2) is 9.07 Å². The quantitative estimate of drug-likeness (QED) is 0.701. The Morgan fingerprint density at radius 1 is 1.29 bits per heavy atom. The Labute approximate surface area is 159 Å². The number of nitrogens with zero attached hydrogens (tertiary/aromatic N) is 3. The van der Waals surface area contributed by atoms with Gasteiger partial charge in [0.2, 0.25) is 6.79 Å². The van der Waals surface area contributed by atoms with Gasteiger partial charge in [0.25, 0.3) is 5.91 Å². The van der Waals surface area contributed by atoms with Crippen LogP contribution in [0.5, 0.6) is 11.5 Å². The number of carbonyl (C=O) groups excluding carboxylic acids is 1. The van der Waals surface area contributed by atoms with Gasteiger partial charge in [-0.3, -0.25) is 4.79 Å². The van der Waals surface area contributed by atoms with Crippen LogP contribution in [-0.4, -0.2) is 32.8 Å². The Bertz CT molecular complexity index is 1040. The molecule has 1 aliphatic rings. The lowest BCUT2D eigenvalue weighted by Crippen LogP contribution is -2.13. The number of fused-ring (bicyclic) bond motifs is 1. The zero-order valence-corrected chi connectivity index (χ0v) is 14.9. The van der Waals surface area contributed by atoms with Crippen LogP contribution >= 0.6 is 0 Å². The number of aliphatic hydroxyl groups is 1. The molecular formula is C19H17FN4O4. The summed E-state index contributed by atoms with van der Waals surface area (Å²) in [6, 6.07) is 9.56. The highest BCUT2D eigenvalue weighted by atomic mass is 19.1. The maximum absolute atomic E-state index is 13.6. The van der Waals surface area contributed by atoms with Crippen molar-refractivity contribution in [2.75, 3.05) is 12.1 Å². The molecule has 9 heteroatoms. The van der Waals surface area contributed by atoms with Crippen molar-refractivity contribution in [1.29, 1.82) is 0 Å². The number of aliphatic hydroxyl groups excluding tert-OH is 1. The van der Waals surface area contributed by atoms with Gasteiger partial charge in [0, 0.05) is 5.69 Å². The number of hydrogen-bond acceptors (Lipinski definition) is 6. The molecule has 0 spiro atoms. The lowest BCUT2D eigenvalue weighted by atomic mass is 10.1. The normalized spacial score (nSPS) is 13.4. The number of aryl methyl sites for hydroxylation is 1. The van der Waals surface area contributed by atoms with Gasteiger partial charge < -0.3 is 19.9 Å². The van der Waals surface area contributed by atoms with Crippen LogP contribution in [0.3, 0.4) is 0 Å². The molecule has 0 fully saturated rings. The highest BCUT2D eigenvalue weighted by molar-refractivity contribution is 6.02. The smallest absolute Gasteiger partial charge is 0.277 e. The van der Waals surface area contributed by atoms with E-state index in [-0.39, 0.29) is 19.0 Å². The summed E-state index contributed by atoms with van der Waals surface area (Å²) in [4.78, 5) is 12.3. The van der Waals surface area contributed by atoms with Crippen molar-refractivity contribution in [2.45, 2.75) is 19.6 Å². The first-order valence-electron chi connectivity index (χ1n) is 8.55. The number of anilines is 1. The third-order valence-corrected chi connectivity index (χ3v) is 4.34. The van der Waals surface area contributed by atoms with E-state index in [1.165, 1.54) is 16.9 Å². The maximum Gasteiger partial charge on any atom is 0.277 e. The molecule has 3 aromatic rings. The largest absolute Gasteiger partial charge is 0.454 e. The van der Waals surface area contributed by atoms with Crippen molar-refractivity contribution in [3.05, 3.63) is 65.2 Å². The van der Waals surface area contributed by atoms with Gasteiger partial charge in [-0.05, 0) is 42.3 Å². The van der Waals surface area contributed by atoms with Gasteiger partial charge in [-0.15, -0.1) is 5.10 Å². The summed E-state index contributed by atoms with van der Waals surface area (Å²) < 4.78 is 25.5. The molecule has 2 aromatic carbocycles. The SMILES string of the molecule is Cc1ccc(NC(=O)c2cn(CC(O)c3ccc4c(c3)OCO4)nn2)cc1F. The number of benzene rings is 2. The van der Waals surface area contributed by atoms with Crippen molar-refractivity contribution in [2.24, 2.45) is 0 Å². The molecule has 1 unspecified atom stereocenters. The summed E-state index contributed by atoms with van der Waals surface area (Å²) >= 11 is 0. The van der Waals surface area contributed by atoms with E-state index in [4.69, 9.17) is 9.47 Å². The van der Waals surface area contributed by atoms with Crippen molar-refractivity contribution in [3.8, 4) is 11.5 Å². The Morgan fingerprint density at radius 2 is 2.11 bits per heavy atom. The van der Waals surface area contributed by atoms with E-state index < -0.39 is 17.8 Å². The number of carbonyl (C=O) groups is 1. The zero-order valence-electron chi connectivity index (χ0n) is 14.9. The summed E-state index contributed by atoms with van der Waals surface area (Å²) in [5.41, 5.74) is 1.49. The lowest BCUT2D eigenvalue weighted by Gasteiger charge is -2.11. The van der Waals surface area contributed by atoms with Gasteiger partial charge in [-0.1, -0.05) is 17.3 Å². The number of nitrogens with one attached hydrogen (secondary N) is 1. The van der Waals surface area contributed by atoms with E-state index >= 15 is 0 Å². The summed E-state index contributed by atoms with van der Waals surface area (Å²) in [5, 5.41) is 20.7. The second-order valence-corrected chi connectivity index (χ2v) is 6.37. The van der Waals surface area contributed by atoms with Crippen molar-refractivity contribution in [1.82, 2.24) is 15.0 Å². The van der Waals surface area contributed by atoms with Crippen LogP contribution in [0.1, 0.15) is 27.7 Å². The van der Waals surface area contributed by atoms with Crippen LogP contribution in [0.15, 0.2) is 42.6 Å². The molecule has 0 radical (unpaired) electrons. The first-order chi connectivity index (χ1) is 13.5. The highest BCUT2D eigenvalue weighted by Crippen LogP contribution is 2.34. The topological polar surface area (TPSA) is 98.5 Å². The molecule has 4 rings (SSSR count). The van der Waals surface area contributed by atoms with Crippen LogP contribution in [0.2, 0.25) is 0 Å². The number of ether oxygens (including phenoxy) is 2. The minimum absolute atomic E-state index is 0.0545. The third kappa shape index (κ3) is 3.65. The fourth-order valence-corrected chi connectivity index (χ4v) is 2.76. The molecule has 2 N–H and O–H groups in total. The molecule has 0 aliphatic carbocycles. The van der Waals surface area contributed by atoms with Gasteiger partial charge in [0.15, 0.2) is 17.2 Å². The van der Waals surface area contributed by atoms with Crippen LogP contribution < -0.4 is 14.8 Å². The summed E-state index contributed by atoms with van der Waals surface area (Å²) in [5.74, 6) is 0.268. The fourth-order valence-electron chi connectivity index (χ4n) is 2.76. The Balaban J connectivity index is 1.42. The monoisotopic (exact) mass is 384 g/mol. The molecule has 0 saturated carbocycles. The maximum atomic E-state index is 13.6. The molecule has 1 aliphatic heterocycles. The average Bonchev–Trinajstić information content (AvgIpc) is 3.33. The Morgan fingerprint density at radius 3 is 2.93 bits per heavy atom. The minimum Gasteiger partial charge on any atom is -0.454 e. The van der Waals surface area contributed by atoms with Gasteiger partial charge in [0.05, 0.1) is 18.8 Å². The molecule has 1 atom stereocenters. The highest BCUT2D eigenvalue weighted by Gasteiger charge is 2.18. The molecule has 144 valence electrons. The zero-order chi connectivity index (χ0) is 19.7. The number of amides is 1. The number of rotatable bonds is 5. The van der Waals surface area contributed by atoms with E-state index in [0.717, 1.165) is 0 Å². The number of halogens is 1. The fraction of sp³-hybridized carbons (Fsp3) is 0.211. The molecule has 1 amide bonds. The van der Waals surface area contributed by atoms with Crippen LogP contribution in [-0.2, 0) is 6.54 Å². The van der Waals surface area contributed by atoms with Gasteiger partial charge >= 0.3 is 0 Å². The van der Waals surface area contributed by atoms with E-state index in [2.05, 4.69) is 15.6 Å². The second-order valence-electron chi connectivity index (χ2n) is 6.37.